The quantitative estimate of drug-likeness (QED) is 0.806. The predicted molar refractivity (Wildman–Crippen MR) is 70.7 cm³/mol. The van der Waals surface area contributed by atoms with Gasteiger partial charge in [-0.3, -0.25) is 4.90 Å². The lowest BCUT2D eigenvalue weighted by atomic mass is 10.1. The lowest BCUT2D eigenvalue weighted by molar-refractivity contribution is 0.0593. The molecule has 0 aliphatic carbocycles. The van der Waals surface area contributed by atoms with Gasteiger partial charge in [0.05, 0.1) is 12.8 Å². The highest BCUT2D eigenvalue weighted by atomic mass is 16.5. The molecule has 1 fully saturated rings. The number of carbonyl (C=O) groups excluding carboxylic acids is 1. The maximum atomic E-state index is 11.4. The molecule has 104 valence electrons. The van der Waals surface area contributed by atoms with Crippen LogP contribution in [0.25, 0.3) is 0 Å². The molecule has 19 heavy (non-hydrogen) atoms. The highest BCUT2D eigenvalue weighted by Gasteiger charge is 2.22. The summed E-state index contributed by atoms with van der Waals surface area (Å²) in [7, 11) is 1.36. The van der Waals surface area contributed by atoms with Crippen LogP contribution in [0.2, 0.25) is 0 Å². The number of likely N-dealkylation sites (tertiary alicyclic amines) is 1. The Balaban J connectivity index is 1.94. The molecule has 2 rings (SSSR count). The van der Waals surface area contributed by atoms with Crippen molar-refractivity contribution < 1.29 is 14.6 Å². The van der Waals surface area contributed by atoms with Crippen LogP contribution in [0.1, 0.15) is 29.0 Å². The van der Waals surface area contributed by atoms with E-state index in [9.17, 15) is 4.79 Å². The maximum Gasteiger partial charge on any atom is 0.356 e. The Morgan fingerprint density at radius 3 is 3.16 bits per heavy atom. The van der Waals surface area contributed by atoms with Crippen molar-refractivity contribution in [1.29, 1.82) is 0 Å². The number of hydrogen-bond donors (Lipinski definition) is 1. The van der Waals surface area contributed by atoms with E-state index in [4.69, 9.17) is 5.11 Å². The summed E-state index contributed by atoms with van der Waals surface area (Å²) < 4.78 is 4.67. The van der Waals surface area contributed by atoms with Crippen molar-refractivity contribution in [1.82, 2.24) is 9.88 Å². The zero-order valence-electron chi connectivity index (χ0n) is 11.2. The van der Waals surface area contributed by atoms with E-state index in [1.165, 1.54) is 7.11 Å². The number of methoxy groups -OCH3 is 1. The number of pyridine rings is 1. The monoisotopic (exact) mass is 264 g/mol. The molecule has 1 aliphatic heterocycles. The number of nitrogens with zero attached hydrogens (tertiary/aromatic N) is 2. The van der Waals surface area contributed by atoms with Gasteiger partial charge in [-0.15, -0.1) is 0 Å². The zero-order valence-corrected chi connectivity index (χ0v) is 11.2. The molecule has 0 aromatic carbocycles. The minimum Gasteiger partial charge on any atom is -0.464 e. The number of rotatable bonds is 5. The molecule has 5 heteroatoms. The molecule has 0 radical (unpaired) electrons. The fourth-order valence-corrected chi connectivity index (χ4v) is 2.49. The van der Waals surface area contributed by atoms with Crippen LogP contribution in [0.5, 0.6) is 0 Å². The van der Waals surface area contributed by atoms with Gasteiger partial charge in [0.1, 0.15) is 5.69 Å². The SMILES string of the molecule is COC(=O)c1cccc(CN2CCC(CCO)C2)n1. The van der Waals surface area contributed by atoms with Gasteiger partial charge in [-0.2, -0.15) is 0 Å². The summed E-state index contributed by atoms with van der Waals surface area (Å²) in [5.74, 6) is 0.176. The van der Waals surface area contributed by atoms with E-state index in [0.717, 1.165) is 38.2 Å². The molecule has 1 aromatic heterocycles. The van der Waals surface area contributed by atoms with Gasteiger partial charge in [0.25, 0.3) is 0 Å². The van der Waals surface area contributed by atoms with Crippen LogP contribution in [0, 0.1) is 5.92 Å². The van der Waals surface area contributed by atoms with Gasteiger partial charge in [-0.1, -0.05) is 6.07 Å². The lowest BCUT2D eigenvalue weighted by Gasteiger charge is -2.15. The third-order valence-corrected chi connectivity index (χ3v) is 3.49. The summed E-state index contributed by atoms with van der Waals surface area (Å²) in [5, 5.41) is 8.95. The van der Waals surface area contributed by atoms with Gasteiger partial charge in [-0.25, -0.2) is 9.78 Å². The Morgan fingerprint density at radius 2 is 2.42 bits per heavy atom. The number of ether oxygens (including phenoxy) is 1. The third-order valence-electron chi connectivity index (χ3n) is 3.49. The van der Waals surface area contributed by atoms with Crippen LogP contribution in [-0.2, 0) is 11.3 Å². The molecule has 1 saturated heterocycles. The predicted octanol–water partition coefficient (Wildman–Crippen LogP) is 1.07. The summed E-state index contributed by atoms with van der Waals surface area (Å²) in [6, 6.07) is 5.41. The molecule has 0 amide bonds. The number of carbonyl (C=O) groups is 1. The molecule has 1 unspecified atom stereocenters. The molecule has 2 heterocycles. The molecular weight excluding hydrogens is 244 g/mol. The largest absolute Gasteiger partial charge is 0.464 e. The lowest BCUT2D eigenvalue weighted by Crippen LogP contribution is -2.21. The zero-order chi connectivity index (χ0) is 13.7. The van der Waals surface area contributed by atoms with E-state index < -0.39 is 5.97 Å². The molecule has 0 spiro atoms. The molecule has 0 saturated carbocycles. The minimum atomic E-state index is -0.401. The van der Waals surface area contributed by atoms with Gasteiger partial charge >= 0.3 is 5.97 Å². The fourth-order valence-electron chi connectivity index (χ4n) is 2.49. The second-order valence-corrected chi connectivity index (χ2v) is 4.91. The van der Waals surface area contributed by atoms with E-state index in [0.29, 0.717) is 11.6 Å². The number of aromatic nitrogens is 1. The Morgan fingerprint density at radius 1 is 1.58 bits per heavy atom. The first kappa shape index (κ1) is 14.0. The molecule has 0 bridgehead atoms. The first-order valence-electron chi connectivity index (χ1n) is 6.60. The van der Waals surface area contributed by atoms with E-state index >= 15 is 0 Å². The van der Waals surface area contributed by atoms with Crippen LogP contribution >= 0.6 is 0 Å². The average molecular weight is 264 g/mol. The van der Waals surface area contributed by atoms with Crippen molar-refractivity contribution in [3.8, 4) is 0 Å². The van der Waals surface area contributed by atoms with E-state index in [1.54, 1.807) is 6.07 Å². The fraction of sp³-hybridized carbons (Fsp3) is 0.571. The molecule has 5 nitrogen and oxygen atoms in total. The molecule has 1 N–H and O–H groups in total. The van der Waals surface area contributed by atoms with E-state index in [2.05, 4.69) is 14.6 Å². The average Bonchev–Trinajstić information content (AvgIpc) is 2.86. The van der Waals surface area contributed by atoms with Gasteiger partial charge in [0, 0.05) is 19.7 Å². The van der Waals surface area contributed by atoms with Crippen LogP contribution in [0.4, 0.5) is 0 Å². The van der Waals surface area contributed by atoms with Gasteiger partial charge in [0.15, 0.2) is 0 Å². The highest BCUT2D eigenvalue weighted by Crippen LogP contribution is 2.20. The van der Waals surface area contributed by atoms with Crippen molar-refractivity contribution >= 4 is 5.97 Å². The van der Waals surface area contributed by atoms with Crippen molar-refractivity contribution in [3.05, 3.63) is 29.6 Å². The topological polar surface area (TPSA) is 62.7 Å². The first-order chi connectivity index (χ1) is 9.22. The van der Waals surface area contributed by atoms with Crippen LogP contribution in [-0.4, -0.2) is 47.8 Å². The molecule has 1 atom stereocenters. The Kier molecular flexibility index (Phi) is 4.87. The summed E-state index contributed by atoms with van der Waals surface area (Å²) in [6.45, 7) is 3.01. The standard InChI is InChI=1S/C14H20N2O3/c1-19-14(18)13-4-2-3-12(15-13)10-16-7-5-11(9-16)6-8-17/h2-4,11,17H,5-10H2,1H3. The van der Waals surface area contributed by atoms with Gasteiger partial charge < -0.3 is 9.84 Å². The second kappa shape index (κ2) is 6.63. The number of aliphatic hydroxyl groups excluding tert-OH is 1. The third kappa shape index (κ3) is 3.75. The summed E-state index contributed by atoms with van der Waals surface area (Å²) in [5.41, 5.74) is 1.23. The Hall–Kier alpha value is -1.46. The normalized spacial score (nSPS) is 19.6. The van der Waals surface area contributed by atoms with E-state index in [-0.39, 0.29) is 6.61 Å². The smallest absolute Gasteiger partial charge is 0.356 e. The Bertz CT molecular complexity index is 436. The van der Waals surface area contributed by atoms with E-state index in [1.807, 2.05) is 12.1 Å². The molecule has 1 aliphatic rings. The summed E-state index contributed by atoms with van der Waals surface area (Å²) in [6.07, 6.45) is 1.99. The number of esters is 1. The number of hydrogen-bond acceptors (Lipinski definition) is 5. The molecule has 1 aromatic rings. The van der Waals surface area contributed by atoms with Crippen LogP contribution in [0.15, 0.2) is 18.2 Å². The molecular formula is C14H20N2O3. The van der Waals surface area contributed by atoms with Crippen LogP contribution in [0.3, 0.4) is 0 Å². The summed E-state index contributed by atoms with van der Waals surface area (Å²) in [4.78, 5) is 18.0. The highest BCUT2D eigenvalue weighted by molar-refractivity contribution is 5.87. The van der Waals surface area contributed by atoms with Crippen molar-refractivity contribution in [2.75, 3.05) is 26.8 Å². The maximum absolute atomic E-state index is 11.4. The van der Waals surface area contributed by atoms with Crippen molar-refractivity contribution in [2.24, 2.45) is 5.92 Å². The minimum absolute atomic E-state index is 0.259. The van der Waals surface area contributed by atoms with Gasteiger partial charge in [0.2, 0.25) is 0 Å². The number of aliphatic hydroxyl groups is 1. The Labute approximate surface area is 113 Å². The first-order valence-corrected chi connectivity index (χ1v) is 6.60. The van der Waals surface area contributed by atoms with Crippen molar-refractivity contribution in [3.63, 3.8) is 0 Å². The van der Waals surface area contributed by atoms with Crippen molar-refractivity contribution in [2.45, 2.75) is 19.4 Å². The summed E-state index contributed by atoms with van der Waals surface area (Å²) >= 11 is 0. The van der Waals surface area contributed by atoms with Gasteiger partial charge in [-0.05, 0) is 37.4 Å². The van der Waals surface area contributed by atoms with Crippen LogP contribution < -0.4 is 0 Å². The second-order valence-electron chi connectivity index (χ2n) is 4.91.